The summed E-state index contributed by atoms with van der Waals surface area (Å²) in [4.78, 5) is 7.49. The zero-order valence-corrected chi connectivity index (χ0v) is 34.2. The highest BCUT2D eigenvalue weighted by molar-refractivity contribution is 7.99. The first-order chi connectivity index (χ1) is 28.4. The molecule has 0 radical (unpaired) electrons. The quantitative estimate of drug-likeness (QED) is 0.166. The van der Waals surface area contributed by atoms with Crippen LogP contribution in [0.5, 0.6) is 0 Å². The van der Waals surface area contributed by atoms with E-state index in [2.05, 4.69) is 187 Å². The molecule has 7 aromatic carbocycles. The Morgan fingerprint density at radius 1 is 0.517 bits per heavy atom. The van der Waals surface area contributed by atoms with Gasteiger partial charge in [0.25, 0.3) is 0 Å². The number of benzene rings is 7. The van der Waals surface area contributed by atoms with Crippen molar-refractivity contribution < 1.29 is 0 Å². The van der Waals surface area contributed by atoms with E-state index in [0.717, 1.165) is 17.8 Å². The Labute approximate surface area is 347 Å². The molecule has 0 aromatic heterocycles. The third kappa shape index (κ3) is 5.32. The fraction of sp³-hybridized carbons (Fsp3) is 0.236. The molecule has 6 aliphatic rings. The van der Waals surface area contributed by atoms with E-state index >= 15 is 0 Å². The third-order valence-electron chi connectivity index (χ3n) is 14.6. The lowest BCUT2D eigenvalue weighted by Gasteiger charge is -2.57. The minimum Gasteiger partial charge on any atom is -0.310 e. The van der Waals surface area contributed by atoms with Gasteiger partial charge in [-0.05, 0) is 162 Å². The van der Waals surface area contributed by atoms with Gasteiger partial charge in [0.1, 0.15) is 0 Å². The number of para-hydroxylation sites is 2. The number of fused-ring (bicyclic) bond motifs is 5. The largest absolute Gasteiger partial charge is 0.310 e. The molecule has 7 aromatic rings. The average Bonchev–Trinajstić information content (AvgIpc) is 3.49. The maximum atomic E-state index is 2.52. The molecular formula is C55H48N2S. The molecule has 1 heterocycles. The van der Waals surface area contributed by atoms with Gasteiger partial charge < -0.3 is 9.80 Å². The van der Waals surface area contributed by atoms with Crippen LogP contribution < -0.4 is 9.80 Å². The van der Waals surface area contributed by atoms with Crippen molar-refractivity contribution in [3.63, 3.8) is 0 Å². The molecule has 0 amide bonds. The SMILES string of the molecule is CC1(C)c2ccccc2-c2c(N(c3ccc(-c4ccc(N5c6ccccc6Sc6ccccc65)cc4)cc3)c3ccc(C45CC6CC(CC(C6)C4)C5)cc3)cccc21. The lowest BCUT2D eigenvalue weighted by molar-refractivity contribution is -0.00518. The Morgan fingerprint density at radius 3 is 1.66 bits per heavy atom. The van der Waals surface area contributed by atoms with Crippen molar-refractivity contribution in [2.75, 3.05) is 9.80 Å². The smallest absolute Gasteiger partial charge is 0.0601 e. The van der Waals surface area contributed by atoms with Crippen molar-refractivity contribution in [1.82, 2.24) is 0 Å². The van der Waals surface area contributed by atoms with Gasteiger partial charge in [0, 0.05) is 37.8 Å². The van der Waals surface area contributed by atoms with Crippen LogP contribution in [0, 0.1) is 17.8 Å². The molecule has 4 saturated carbocycles. The summed E-state index contributed by atoms with van der Waals surface area (Å²) < 4.78 is 0. The highest BCUT2D eigenvalue weighted by atomic mass is 32.2. The summed E-state index contributed by atoms with van der Waals surface area (Å²) in [6.07, 6.45) is 8.59. The van der Waals surface area contributed by atoms with Gasteiger partial charge in [0.05, 0.1) is 17.1 Å². The number of hydrogen-bond acceptors (Lipinski definition) is 3. The van der Waals surface area contributed by atoms with E-state index in [4.69, 9.17) is 0 Å². The number of hydrogen-bond donors (Lipinski definition) is 0. The molecule has 3 heteroatoms. The summed E-state index contributed by atoms with van der Waals surface area (Å²) in [6, 6.07) is 61.7. The summed E-state index contributed by atoms with van der Waals surface area (Å²) in [5.74, 6) is 2.80. The Hall–Kier alpha value is -5.51. The van der Waals surface area contributed by atoms with Crippen LogP contribution in [0.1, 0.15) is 69.1 Å². The lowest BCUT2D eigenvalue weighted by Crippen LogP contribution is -2.48. The van der Waals surface area contributed by atoms with Gasteiger partial charge in [0.2, 0.25) is 0 Å². The molecule has 4 bridgehead atoms. The number of anilines is 6. The van der Waals surface area contributed by atoms with Crippen LogP contribution in [0.25, 0.3) is 22.3 Å². The zero-order valence-electron chi connectivity index (χ0n) is 33.4. The van der Waals surface area contributed by atoms with Gasteiger partial charge in [-0.15, -0.1) is 0 Å². The molecular weight excluding hydrogens is 721 g/mol. The van der Waals surface area contributed by atoms with Gasteiger partial charge >= 0.3 is 0 Å². The van der Waals surface area contributed by atoms with Crippen molar-refractivity contribution >= 4 is 45.9 Å². The van der Waals surface area contributed by atoms with Gasteiger partial charge in [-0.3, -0.25) is 0 Å². The van der Waals surface area contributed by atoms with E-state index in [1.165, 1.54) is 116 Å². The normalized spacial score (nSPS) is 22.9. The molecule has 4 fully saturated rings. The Kier molecular flexibility index (Phi) is 7.74. The third-order valence-corrected chi connectivity index (χ3v) is 15.7. The lowest BCUT2D eigenvalue weighted by atomic mass is 9.48. The highest BCUT2D eigenvalue weighted by Gasteiger charge is 2.51. The molecule has 58 heavy (non-hydrogen) atoms. The van der Waals surface area contributed by atoms with Crippen LogP contribution in [-0.4, -0.2) is 0 Å². The summed E-state index contributed by atoms with van der Waals surface area (Å²) in [5, 5.41) is 0. The van der Waals surface area contributed by atoms with E-state index in [9.17, 15) is 0 Å². The summed E-state index contributed by atoms with van der Waals surface area (Å²) in [6.45, 7) is 4.77. The van der Waals surface area contributed by atoms with Crippen molar-refractivity contribution in [1.29, 1.82) is 0 Å². The van der Waals surface area contributed by atoms with E-state index in [1.54, 1.807) is 5.56 Å². The first kappa shape index (κ1) is 34.5. The molecule has 1 aliphatic heterocycles. The fourth-order valence-electron chi connectivity index (χ4n) is 12.4. The Balaban J connectivity index is 0.922. The van der Waals surface area contributed by atoms with Gasteiger partial charge in [-0.25, -0.2) is 0 Å². The zero-order chi connectivity index (χ0) is 38.6. The van der Waals surface area contributed by atoms with E-state index < -0.39 is 0 Å². The second-order valence-corrected chi connectivity index (χ2v) is 19.5. The van der Waals surface area contributed by atoms with Crippen molar-refractivity contribution in [2.45, 2.75) is 73.0 Å². The predicted octanol–water partition coefficient (Wildman–Crippen LogP) is 15.5. The van der Waals surface area contributed by atoms with Crippen molar-refractivity contribution in [3.8, 4) is 22.3 Å². The van der Waals surface area contributed by atoms with Crippen molar-refractivity contribution in [2.24, 2.45) is 17.8 Å². The monoisotopic (exact) mass is 768 g/mol. The Bertz CT molecular complexity index is 2630. The summed E-state index contributed by atoms with van der Waals surface area (Å²) in [7, 11) is 0. The fourth-order valence-corrected chi connectivity index (χ4v) is 13.4. The molecule has 0 saturated heterocycles. The number of nitrogens with zero attached hydrogens (tertiary/aromatic N) is 2. The average molecular weight is 769 g/mol. The van der Waals surface area contributed by atoms with Crippen LogP contribution in [-0.2, 0) is 10.8 Å². The molecule has 0 unspecified atom stereocenters. The van der Waals surface area contributed by atoms with Crippen LogP contribution in [0.15, 0.2) is 174 Å². The maximum Gasteiger partial charge on any atom is 0.0601 e. The van der Waals surface area contributed by atoms with E-state index in [-0.39, 0.29) is 5.41 Å². The minimum absolute atomic E-state index is 0.0663. The topological polar surface area (TPSA) is 6.48 Å². The molecule has 0 spiro atoms. The second-order valence-electron chi connectivity index (χ2n) is 18.4. The molecule has 13 rings (SSSR count). The van der Waals surface area contributed by atoms with Gasteiger partial charge in [-0.1, -0.05) is 123 Å². The minimum atomic E-state index is -0.0663. The van der Waals surface area contributed by atoms with Gasteiger partial charge in [0.15, 0.2) is 0 Å². The molecule has 0 atom stereocenters. The standard InChI is InChI=1S/C55H48N2S/c1-54(2)46-11-4-3-10-45(46)53-47(54)12-9-15-50(53)56(43-28-22-41(23-29-43)55-33-36-30-37(34-55)32-38(31-36)35-55)42-24-18-39(19-25-42)40-20-26-44(27-21-40)57-48-13-5-7-16-51(48)58-52-17-8-6-14-49(52)57/h3-29,36-38H,30-35H2,1-2H3. The Morgan fingerprint density at radius 2 is 1.03 bits per heavy atom. The summed E-state index contributed by atoms with van der Waals surface area (Å²) in [5.41, 5.74) is 17.1. The summed E-state index contributed by atoms with van der Waals surface area (Å²) >= 11 is 1.85. The van der Waals surface area contributed by atoms with Crippen LogP contribution >= 0.6 is 11.8 Å². The van der Waals surface area contributed by atoms with Crippen LogP contribution in [0.3, 0.4) is 0 Å². The first-order valence-corrected chi connectivity index (χ1v) is 22.2. The maximum absolute atomic E-state index is 2.52. The van der Waals surface area contributed by atoms with Crippen LogP contribution in [0.4, 0.5) is 34.1 Å². The van der Waals surface area contributed by atoms with E-state index in [0.29, 0.717) is 5.41 Å². The van der Waals surface area contributed by atoms with Crippen molar-refractivity contribution in [3.05, 3.63) is 180 Å². The van der Waals surface area contributed by atoms with Gasteiger partial charge in [-0.2, -0.15) is 0 Å². The first-order valence-electron chi connectivity index (χ1n) is 21.4. The second kappa shape index (κ2) is 13.0. The molecule has 284 valence electrons. The molecule has 2 nitrogen and oxygen atoms in total. The number of rotatable bonds is 6. The van der Waals surface area contributed by atoms with Crippen LogP contribution in [0.2, 0.25) is 0 Å². The van der Waals surface area contributed by atoms with E-state index in [1.807, 2.05) is 11.8 Å². The molecule has 0 N–H and O–H groups in total. The highest BCUT2D eigenvalue weighted by Crippen LogP contribution is 2.61. The molecule has 5 aliphatic carbocycles. The predicted molar refractivity (Wildman–Crippen MR) is 243 cm³/mol.